The summed E-state index contributed by atoms with van der Waals surface area (Å²) in [5.41, 5.74) is 0. The van der Waals surface area contributed by atoms with Gasteiger partial charge < -0.3 is 12.6 Å². The van der Waals surface area contributed by atoms with Crippen molar-refractivity contribution in [1.29, 1.82) is 0 Å². The maximum atomic E-state index is 10.2. The molecule has 0 aliphatic rings. The van der Waals surface area contributed by atoms with Gasteiger partial charge in [0.05, 0.1) is 0 Å². The molecule has 48 valence electrons. The van der Waals surface area contributed by atoms with Gasteiger partial charge in [0.15, 0.2) is 17.4 Å². The van der Waals surface area contributed by atoms with E-state index >= 15 is 0 Å². The standard InChI is InChI=1S/Al.Ca.FH2O4P.5H/c;;1-5-6(2,3)4;;;;;/h;;(H2,2,3,4);;;;;/q;+2;;;;;2*-1. The Hall–Kier alpha value is 1.83. The van der Waals surface area contributed by atoms with E-state index in [4.69, 9.17) is 14.4 Å². The smallest absolute Gasteiger partial charge is 1.00 e. The predicted molar refractivity (Wildman–Crippen MR) is 32.2 cm³/mol. The van der Waals surface area contributed by atoms with E-state index in [1.54, 1.807) is 0 Å². The molecule has 0 aromatic carbocycles. The first-order valence-corrected chi connectivity index (χ1v) is 2.45. The van der Waals surface area contributed by atoms with Gasteiger partial charge in [-0.05, 0) is 4.53 Å². The second-order valence-electron chi connectivity index (χ2n) is 0.560. The van der Waals surface area contributed by atoms with Gasteiger partial charge in [-0.2, -0.15) is 0 Å². The molecule has 4 nitrogen and oxygen atoms in total. The number of rotatable bonds is 1. The van der Waals surface area contributed by atoms with Crippen LogP contribution in [0.2, 0.25) is 0 Å². The molecular weight excluding hydrogens is 181 g/mol. The van der Waals surface area contributed by atoms with Gasteiger partial charge in [-0.25, -0.2) is 4.57 Å². The second-order valence-corrected chi connectivity index (χ2v) is 1.68. The van der Waals surface area contributed by atoms with Gasteiger partial charge in [0.25, 0.3) is 0 Å². The van der Waals surface area contributed by atoms with E-state index in [1.807, 2.05) is 0 Å². The van der Waals surface area contributed by atoms with Gasteiger partial charge in [-0.15, -0.1) is 0 Å². The quantitative estimate of drug-likeness (QED) is 0.394. The molecule has 0 bridgehead atoms. The fourth-order valence-electron chi connectivity index (χ4n) is 0. The Bertz CT molecular complexity index is 87.3. The third-order valence-corrected chi connectivity index (χ3v) is 0.270. The molecule has 0 unspecified atom stereocenters. The SMILES string of the molecule is O=P(O)(O)OF.[AlH3].[Ca+2].[H-].[H-]. The molecule has 0 aliphatic heterocycles. The van der Waals surface area contributed by atoms with Gasteiger partial charge in [0.1, 0.15) is 0 Å². The van der Waals surface area contributed by atoms with Gasteiger partial charge in [-0.3, -0.25) is 0 Å². The Morgan fingerprint density at radius 1 is 1.62 bits per heavy atom. The fraction of sp³-hybridized carbons (Fsp3) is 0. The predicted octanol–water partition coefficient (Wildman–Crippen LogP) is -1.36. The zero-order valence-corrected chi connectivity index (χ0v) is 6.35. The number of halogens is 1. The first-order chi connectivity index (χ1) is 2.56. The Labute approximate surface area is 88.7 Å². The number of phosphoric acid groups is 1. The Kier molecular flexibility index (Phi) is 14.3. The van der Waals surface area contributed by atoms with Crippen LogP contribution in [0.4, 0.5) is 4.53 Å². The summed E-state index contributed by atoms with van der Waals surface area (Å²) in [6, 6.07) is 0. The molecule has 0 saturated heterocycles. The fourth-order valence-corrected chi connectivity index (χ4v) is 0. The van der Waals surface area contributed by atoms with E-state index in [1.165, 1.54) is 0 Å². The van der Waals surface area contributed by atoms with Crippen LogP contribution in [0.3, 0.4) is 0 Å². The number of hydrogen-bond donors (Lipinski definition) is 2. The van der Waals surface area contributed by atoms with Crippen molar-refractivity contribution in [3.05, 3.63) is 0 Å². The van der Waals surface area contributed by atoms with Crippen LogP contribution in [0.15, 0.2) is 0 Å². The maximum Gasteiger partial charge on any atom is 2.00 e. The van der Waals surface area contributed by atoms with Crippen LogP contribution >= 0.6 is 7.82 Å². The first kappa shape index (κ1) is 16.4. The van der Waals surface area contributed by atoms with Gasteiger partial charge in [0.2, 0.25) is 0 Å². The summed E-state index contributed by atoms with van der Waals surface area (Å²) in [5.74, 6) is 0. The molecule has 0 fully saturated rings. The molecule has 0 spiro atoms. The van der Waals surface area contributed by atoms with Crippen LogP contribution < -0.4 is 0 Å². The summed E-state index contributed by atoms with van der Waals surface area (Å²) in [4.78, 5) is 14.7. The third-order valence-electron chi connectivity index (χ3n) is 0.0899. The average molecular weight is 188 g/mol. The molecule has 8 heteroatoms. The van der Waals surface area contributed by atoms with Crippen molar-refractivity contribution in [2.75, 3.05) is 0 Å². The van der Waals surface area contributed by atoms with E-state index in [-0.39, 0.29) is 58.0 Å². The largest absolute Gasteiger partial charge is 2.00 e. The van der Waals surface area contributed by atoms with Crippen molar-refractivity contribution in [2.24, 2.45) is 0 Å². The van der Waals surface area contributed by atoms with Crippen molar-refractivity contribution in [1.82, 2.24) is 0 Å². The van der Waals surface area contributed by atoms with Crippen LogP contribution in [0.1, 0.15) is 2.85 Å². The van der Waals surface area contributed by atoms with Crippen LogP contribution in [0.25, 0.3) is 0 Å². The summed E-state index contributed by atoms with van der Waals surface area (Å²) >= 11 is 0. The zero-order valence-electron chi connectivity index (χ0n) is 5.24. The zero-order chi connectivity index (χ0) is 5.21. The molecular formula is H7AlCaFO4P. The molecule has 0 aromatic heterocycles. The van der Waals surface area contributed by atoms with Crippen LogP contribution in [-0.4, -0.2) is 64.9 Å². The minimum atomic E-state index is -4.81. The van der Waals surface area contributed by atoms with Gasteiger partial charge >= 0.3 is 45.6 Å². The van der Waals surface area contributed by atoms with E-state index in [0.29, 0.717) is 0 Å². The monoisotopic (exact) mass is 188 g/mol. The molecule has 8 heavy (non-hydrogen) atoms. The molecule has 0 aromatic rings. The summed E-state index contributed by atoms with van der Waals surface area (Å²) in [7, 11) is -4.81. The molecule has 0 radical (unpaired) electrons. The molecule has 2 N–H and O–H groups in total. The van der Waals surface area contributed by atoms with Crippen molar-refractivity contribution >= 4 is 62.9 Å². The van der Waals surface area contributed by atoms with Gasteiger partial charge in [-0.1, -0.05) is 4.73 Å². The normalized spacial score (nSPS) is 8.88. The molecule has 0 rings (SSSR count). The minimum absolute atomic E-state index is 0. The minimum Gasteiger partial charge on any atom is -1.00 e. The van der Waals surface area contributed by atoms with Crippen molar-refractivity contribution in [3.63, 3.8) is 0 Å². The first-order valence-electron chi connectivity index (χ1n) is 0.919. The van der Waals surface area contributed by atoms with E-state index in [9.17, 15) is 4.53 Å². The van der Waals surface area contributed by atoms with Crippen LogP contribution in [0, 0.1) is 0 Å². The Morgan fingerprint density at radius 2 is 1.75 bits per heavy atom. The van der Waals surface area contributed by atoms with Gasteiger partial charge in [0, 0.05) is 0 Å². The summed E-state index contributed by atoms with van der Waals surface area (Å²) in [6.45, 7) is 0. The molecule has 0 aliphatic carbocycles. The topological polar surface area (TPSA) is 66.8 Å². The Balaban J connectivity index is -0.0000000208. The van der Waals surface area contributed by atoms with Crippen LogP contribution in [-0.2, 0) is 9.29 Å². The second kappa shape index (κ2) is 6.95. The van der Waals surface area contributed by atoms with Crippen molar-refractivity contribution < 1.29 is 26.5 Å². The van der Waals surface area contributed by atoms with Crippen molar-refractivity contribution in [3.8, 4) is 0 Å². The maximum absolute atomic E-state index is 10.2. The molecule has 0 heterocycles. The van der Waals surface area contributed by atoms with E-state index in [2.05, 4.69) is 4.73 Å². The van der Waals surface area contributed by atoms with Crippen molar-refractivity contribution in [2.45, 2.75) is 0 Å². The third kappa shape index (κ3) is 15.7. The molecule has 0 atom stereocenters. The Morgan fingerprint density at radius 3 is 1.75 bits per heavy atom. The van der Waals surface area contributed by atoms with E-state index < -0.39 is 7.82 Å². The summed E-state index contributed by atoms with van der Waals surface area (Å²) < 4.78 is 21.4. The molecule has 0 amide bonds. The summed E-state index contributed by atoms with van der Waals surface area (Å²) in [6.07, 6.45) is 0. The number of hydrogen-bond acceptors (Lipinski definition) is 2. The van der Waals surface area contributed by atoms with E-state index in [0.717, 1.165) is 0 Å². The molecule has 0 saturated carbocycles. The summed E-state index contributed by atoms with van der Waals surface area (Å²) in [5, 5.41) is 0. The average Bonchev–Trinajstić information content (AvgIpc) is 1.35. The van der Waals surface area contributed by atoms with Crippen LogP contribution in [0.5, 0.6) is 0 Å².